The number of nitrogens with zero attached hydrogens (tertiary/aromatic N) is 4. The van der Waals surface area contributed by atoms with Crippen LogP contribution in [0.2, 0.25) is 0 Å². The van der Waals surface area contributed by atoms with Gasteiger partial charge in [0.2, 0.25) is 11.8 Å². The number of hydrogen-bond acceptors (Lipinski definition) is 6. The molecule has 9 heteroatoms. The van der Waals surface area contributed by atoms with E-state index >= 15 is 0 Å². The molecule has 1 aromatic heterocycles. The highest BCUT2D eigenvalue weighted by molar-refractivity contribution is 5.98. The van der Waals surface area contributed by atoms with Crippen LogP contribution in [0, 0.1) is 11.7 Å². The number of rotatable bonds is 7. The number of ether oxygens (including phenoxy) is 1. The lowest BCUT2D eigenvalue weighted by atomic mass is 9.99. The molecule has 3 rings (SSSR count). The number of carbonyl (C=O) groups excluding carboxylic acids is 2. The Bertz CT molecular complexity index is 1030. The van der Waals surface area contributed by atoms with Gasteiger partial charge < -0.3 is 24.5 Å². The van der Waals surface area contributed by atoms with E-state index in [0.29, 0.717) is 24.2 Å². The minimum absolute atomic E-state index is 0.0531. The fourth-order valence-corrected chi connectivity index (χ4v) is 3.93. The molecule has 1 aliphatic heterocycles. The van der Waals surface area contributed by atoms with Crippen molar-refractivity contribution in [2.45, 2.75) is 26.0 Å². The topological polar surface area (TPSA) is 86.2 Å². The number of hydrogen-bond donors (Lipinski definition) is 1. The maximum atomic E-state index is 14.4. The Hall–Kier alpha value is -3.04. The molecule has 0 aliphatic carbocycles. The summed E-state index contributed by atoms with van der Waals surface area (Å²) < 4.78 is 20.6. The number of fused-ring (bicyclic) bond motifs is 1. The van der Waals surface area contributed by atoms with E-state index in [0.717, 1.165) is 0 Å². The van der Waals surface area contributed by atoms with Gasteiger partial charge in [-0.25, -0.2) is 9.37 Å². The van der Waals surface area contributed by atoms with Crippen molar-refractivity contribution < 1.29 is 23.8 Å². The van der Waals surface area contributed by atoms with Gasteiger partial charge in [-0.15, -0.1) is 0 Å². The molecule has 0 saturated carbocycles. The monoisotopic (exact) mass is 472 g/mol. The van der Waals surface area contributed by atoms with E-state index in [1.165, 1.54) is 12.3 Å². The molecule has 2 heterocycles. The number of amides is 2. The predicted molar refractivity (Wildman–Crippen MR) is 127 cm³/mol. The molecule has 0 fully saturated rings. The summed E-state index contributed by atoms with van der Waals surface area (Å²) in [6, 6.07) is 7.42. The summed E-state index contributed by atoms with van der Waals surface area (Å²) in [6.45, 7) is 4.40. The van der Waals surface area contributed by atoms with E-state index in [9.17, 15) is 19.1 Å². The van der Waals surface area contributed by atoms with Crippen LogP contribution >= 0.6 is 0 Å². The van der Waals surface area contributed by atoms with Crippen LogP contribution in [0.3, 0.4) is 0 Å². The molecule has 8 nitrogen and oxygen atoms in total. The van der Waals surface area contributed by atoms with Crippen molar-refractivity contribution in [2.75, 3.05) is 47.4 Å². The van der Waals surface area contributed by atoms with Crippen LogP contribution in [0.15, 0.2) is 36.5 Å². The summed E-state index contributed by atoms with van der Waals surface area (Å²) in [4.78, 5) is 35.4. The Labute approximate surface area is 199 Å². The lowest BCUT2D eigenvalue weighted by Crippen LogP contribution is -2.51. The van der Waals surface area contributed by atoms with E-state index < -0.39 is 18.0 Å². The van der Waals surface area contributed by atoms with Gasteiger partial charge in [-0.2, -0.15) is 0 Å². The van der Waals surface area contributed by atoms with Crippen molar-refractivity contribution in [1.82, 2.24) is 19.7 Å². The fourth-order valence-electron chi connectivity index (χ4n) is 3.93. The van der Waals surface area contributed by atoms with Crippen molar-refractivity contribution in [3.8, 4) is 17.0 Å². The molecule has 1 N–H and O–H groups in total. The van der Waals surface area contributed by atoms with Crippen molar-refractivity contribution >= 4 is 11.8 Å². The fraction of sp³-hybridized carbons (Fsp3) is 0.480. The number of aromatic nitrogens is 1. The summed E-state index contributed by atoms with van der Waals surface area (Å²) in [5, 5.41) is 9.79. The third-order valence-corrected chi connectivity index (χ3v) is 6.04. The van der Waals surface area contributed by atoms with Gasteiger partial charge in [0.15, 0.2) is 0 Å². The summed E-state index contributed by atoms with van der Waals surface area (Å²) in [5.41, 5.74) is 0.974. The highest BCUT2D eigenvalue weighted by Crippen LogP contribution is 2.31. The molecule has 0 spiro atoms. The molecule has 0 saturated heterocycles. The van der Waals surface area contributed by atoms with Gasteiger partial charge in [0.1, 0.15) is 17.5 Å². The lowest BCUT2D eigenvalue weighted by Gasteiger charge is -2.37. The van der Waals surface area contributed by atoms with Crippen LogP contribution in [0.4, 0.5) is 4.39 Å². The number of aliphatic hydroxyl groups is 1. The van der Waals surface area contributed by atoms with E-state index in [4.69, 9.17) is 4.74 Å². The standard InChI is InChI=1S/C25H33FN4O4/c1-16-12-30(17(2)15-31)25(33)20-10-18(19-8-6-7-9-21(19)26)11-27-24(20)34-22(16)13-29(5)23(32)14-28(3)4/h6-11,16-17,22,31H,12-15H2,1-5H3/t16-,17-,22-/m0/s1. The second-order valence-electron chi connectivity index (χ2n) is 9.19. The number of likely N-dealkylation sites (N-methyl/N-ethyl adjacent to an activating group) is 2. The van der Waals surface area contributed by atoms with Gasteiger partial charge in [0.05, 0.1) is 25.7 Å². The average molecular weight is 473 g/mol. The zero-order valence-corrected chi connectivity index (χ0v) is 20.4. The normalized spacial score (nSPS) is 19.2. The largest absolute Gasteiger partial charge is 0.472 e. The first-order chi connectivity index (χ1) is 16.1. The molecule has 3 atom stereocenters. The minimum atomic E-state index is -0.442. The summed E-state index contributed by atoms with van der Waals surface area (Å²) in [6.07, 6.45) is 1.04. The first-order valence-electron chi connectivity index (χ1n) is 11.3. The minimum Gasteiger partial charge on any atom is -0.472 e. The number of halogens is 1. The third-order valence-electron chi connectivity index (χ3n) is 6.04. The summed E-state index contributed by atoms with van der Waals surface area (Å²) >= 11 is 0. The van der Waals surface area contributed by atoms with Crippen LogP contribution < -0.4 is 4.74 Å². The van der Waals surface area contributed by atoms with Gasteiger partial charge in [0.25, 0.3) is 5.91 Å². The highest BCUT2D eigenvalue weighted by atomic mass is 19.1. The molecule has 0 radical (unpaired) electrons. The number of pyridine rings is 1. The van der Waals surface area contributed by atoms with Crippen molar-refractivity contribution in [2.24, 2.45) is 5.92 Å². The average Bonchev–Trinajstić information content (AvgIpc) is 2.80. The predicted octanol–water partition coefficient (Wildman–Crippen LogP) is 2.13. The zero-order valence-electron chi connectivity index (χ0n) is 20.4. The Morgan fingerprint density at radius 3 is 2.65 bits per heavy atom. The maximum Gasteiger partial charge on any atom is 0.259 e. The lowest BCUT2D eigenvalue weighted by molar-refractivity contribution is -0.132. The first kappa shape index (κ1) is 25.6. The van der Waals surface area contributed by atoms with Gasteiger partial charge in [-0.05, 0) is 33.2 Å². The quantitative estimate of drug-likeness (QED) is 0.665. The Balaban J connectivity index is 2.00. The van der Waals surface area contributed by atoms with Crippen molar-refractivity contribution in [1.29, 1.82) is 0 Å². The molecule has 2 aromatic rings. The molecule has 0 bridgehead atoms. The smallest absolute Gasteiger partial charge is 0.259 e. The van der Waals surface area contributed by atoms with E-state index in [1.54, 1.807) is 52.9 Å². The molecule has 34 heavy (non-hydrogen) atoms. The van der Waals surface area contributed by atoms with Gasteiger partial charge in [0, 0.05) is 36.8 Å². The highest BCUT2D eigenvalue weighted by Gasteiger charge is 2.35. The van der Waals surface area contributed by atoms with Crippen LogP contribution in [-0.4, -0.2) is 96.1 Å². The third kappa shape index (κ3) is 5.71. The van der Waals surface area contributed by atoms with Gasteiger partial charge >= 0.3 is 0 Å². The number of carbonyl (C=O) groups is 2. The molecule has 1 aliphatic rings. The second kappa shape index (κ2) is 10.9. The van der Waals surface area contributed by atoms with Gasteiger partial charge in [-0.3, -0.25) is 9.59 Å². The van der Waals surface area contributed by atoms with E-state index in [2.05, 4.69) is 4.98 Å². The molecular formula is C25H33FN4O4. The van der Waals surface area contributed by atoms with Crippen LogP contribution in [0.25, 0.3) is 11.1 Å². The van der Waals surface area contributed by atoms with Gasteiger partial charge in [-0.1, -0.05) is 25.1 Å². The van der Waals surface area contributed by atoms with Crippen molar-refractivity contribution in [3.63, 3.8) is 0 Å². The molecule has 2 amide bonds. The second-order valence-corrected chi connectivity index (χ2v) is 9.19. The SMILES string of the molecule is C[C@H]1CN([C@@H](C)CO)C(=O)c2cc(-c3ccccc3F)cnc2O[C@H]1CN(C)C(=O)CN(C)C. The molecular weight excluding hydrogens is 439 g/mol. The summed E-state index contributed by atoms with van der Waals surface area (Å²) in [5.74, 6) is -0.831. The van der Waals surface area contributed by atoms with Crippen LogP contribution in [0.1, 0.15) is 24.2 Å². The molecule has 1 aromatic carbocycles. The maximum absolute atomic E-state index is 14.4. The van der Waals surface area contributed by atoms with E-state index in [-0.39, 0.29) is 42.3 Å². The van der Waals surface area contributed by atoms with Crippen molar-refractivity contribution in [3.05, 3.63) is 47.9 Å². The molecule has 184 valence electrons. The Morgan fingerprint density at radius 2 is 2.00 bits per heavy atom. The van der Waals surface area contributed by atoms with E-state index in [1.807, 2.05) is 21.0 Å². The number of benzene rings is 1. The molecule has 0 unspecified atom stereocenters. The number of aliphatic hydroxyl groups excluding tert-OH is 1. The summed E-state index contributed by atoms with van der Waals surface area (Å²) in [7, 11) is 5.37. The van der Waals surface area contributed by atoms with Crippen LogP contribution in [0.5, 0.6) is 5.88 Å². The first-order valence-corrected chi connectivity index (χ1v) is 11.3. The Morgan fingerprint density at radius 1 is 1.29 bits per heavy atom. The zero-order chi connectivity index (χ0) is 25.0. The Kier molecular flexibility index (Phi) is 8.22. The van der Waals surface area contributed by atoms with Crippen LogP contribution in [-0.2, 0) is 4.79 Å².